The maximum atomic E-state index is 14.4. The highest BCUT2D eigenvalue weighted by Gasteiger charge is 2.68. The van der Waals surface area contributed by atoms with Gasteiger partial charge in [-0.1, -0.05) is 0 Å². The predicted octanol–water partition coefficient (Wildman–Crippen LogP) is 5.19. The highest BCUT2D eigenvalue weighted by Crippen LogP contribution is 2.67. The fourth-order valence-electron chi connectivity index (χ4n) is 9.82. The van der Waals surface area contributed by atoms with Gasteiger partial charge in [0.15, 0.2) is 23.0 Å². The number of likely N-dealkylation sites (tertiary alicyclic amines) is 1. The van der Waals surface area contributed by atoms with E-state index in [1.807, 2.05) is 0 Å². The number of nitrogens with one attached hydrogen (secondary N) is 3. The number of allylic oxidation sites excluding steroid dienone is 2. The molecule has 5 aliphatic rings. The molecule has 3 amide bonds. The lowest BCUT2D eigenvalue weighted by Gasteiger charge is -2.27. The van der Waals surface area contributed by atoms with Crippen LogP contribution in [0.15, 0.2) is 30.0 Å². The van der Waals surface area contributed by atoms with Crippen molar-refractivity contribution >= 4 is 62.8 Å². The molecule has 3 aliphatic heterocycles. The lowest BCUT2D eigenvalue weighted by Crippen LogP contribution is -2.35. The van der Waals surface area contributed by atoms with Crippen LogP contribution in [-0.4, -0.2) is 106 Å². The molecule has 1 spiro atoms. The van der Waals surface area contributed by atoms with E-state index >= 15 is 0 Å². The van der Waals surface area contributed by atoms with E-state index in [4.69, 9.17) is 18.9 Å². The average Bonchev–Trinajstić information content (AvgIpc) is 3.93. The highest BCUT2D eigenvalue weighted by atomic mass is 16.6. The van der Waals surface area contributed by atoms with E-state index in [1.165, 1.54) is 37.2 Å². The van der Waals surface area contributed by atoms with Crippen LogP contribution in [0.1, 0.15) is 85.8 Å². The van der Waals surface area contributed by atoms with Crippen LogP contribution in [0.25, 0.3) is 21.8 Å². The monoisotopic (exact) mass is 804 g/mol. The number of carbonyl (C=O) groups excluding carboxylic acids is 5. The van der Waals surface area contributed by atoms with Gasteiger partial charge < -0.3 is 53.9 Å². The van der Waals surface area contributed by atoms with Crippen molar-refractivity contribution in [2.24, 2.45) is 5.92 Å². The summed E-state index contributed by atoms with van der Waals surface area (Å²) < 4.78 is 21.6. The Bertz CT molecular complexity index is 2820. The first-order valence-corrected chi connectivity index (χ1v) is 19.2. The minimum atomic E-state index is -0.757. The smallest absolute Gasteiger partial charge is 0.414 e. The van der Waals surface area contributed by atoms with E-state index in [2.05, 4.69) is 15.0 Å². The summed E-state index contributed by atoms with van der Waals surface area (Å²) in [6, 6.07) is 4.98. The second-order valence-corrected chi connectivity index (χ2v) is 16.6. The van der Waals surface area contributed by atoms with Crippen molar-refractivity contribution in [1.29, 1.82) is 0 Å². The van der Waals surface area contributed by atoms with Gasteiger partial charge in [-0.05, 0) is 80.8 Å². The van der Waals surface area contributed by atoms with E-state index in [9.17, 15) is 34.2 Å². The number of ketones is 1. The summed E-state index contributed by atoms with van der Waals surface area (Å²) in [4.78, 5) is 81.7. The van der Waals surface area contributed by atoms with Crippen molar-refractivity contribution in [2.75, 3.05) is 50.8 Å². The zero-order valence-corrected chi connectivity index (χ0v) is 33.0. The number of nitrogens with zero attached hydrogens (tertiary/aromatic N) is 3. The largest absolute Gasteiger partial charge is 0.503 e. The van der Waals surface area contributed by atoms with E-state index in [0.29, 0.717) is 70.0 Å². The Labute approximate surface area is 335 Å². The van der Waals surface area contributed by atoms with Gasteiger partial charge in [0.1, 0.15) is 22.7 Å². The molecule has 17 heteroatoms. The number of amides is 3. The minimum absolute atomic E-state index is 0.00963. The summed E-state index contributed by atoms with van der Waals surface area (Å²) in [6.45, 7) is 6.10. The van der Waals surface area contributed by atoms with Crippen molar-refractivity contribution < 1.29 is 53.1 Å². The number of aromatic hydroxyl groups is 2. The van der Waals surface area contributed by atoms with Gasteiger partial charge in [0.25, 0.3) is 11.8 Å². The van der Waals surface area contributed by atoms with Gasteiger partial charge in [-0.25, -0.2) is 9.59 Å². The number of aromatic nitrogens is 3. The Kier molecular flexibility index (Phi) is 7.45. The molecule has 1 saturated carbocycles. The number of rotatable bonds is 5. The third-order valence-corrected chi connectivity index (χ3v) is 12.3. The standard InChI is InChI=1S/C42H40N6O11/c1-41(2,3)59-40(55)47-10-8-19-20-11-23(43-28(20)35(56-4)34(51)32(19)47)38(53)48-16-17-15-42(17)22-13-24(44-30(22)26(49)14-27(42)48)37(52)46-9-7-18-21-12-25(39(54)58-6)45-29(21)36(57-5)33(50)31(18)46/h11-14,17,43-45,50-51H,7-10,15-16H2,1-6H3/t17-,42-/m1/s1. The van der Waals surface area contributed by atoms with Crippen LogP contribution in [0.2, 0.25) is 0 Å². The molecule has 5 N–H and O–H groups in total. The first-order valence-electron chi connectivity index (χ1n) is 19.2. The lowest BCUT2D eigenvalue weighted by atomic mass is 9.85. The third-order valence-electron chi connectivity index (χ3n) is 12.3. The maximum absolute atomic E-state index is 14.4. The summed E-state index contributed by atoms with van der Waals surface area (Å²) in [6.07, 6.45) is 2.32. The van der Waals surface area contributed by atoms with Crippen LogP contribution in [0.4, 0.5) is 16.2 Å². The number of phenolic OH excluding ortho intramolecular Hbond substituents is 2. The molecule has 5 aromatic rings. The van der Waals surface area contributed by atoms with Crippen molar-refractivity contribution in [1.82, 2.24) is 19.9 Å². The molecule has 0 unspecified atom stereocenters. The highest BCUT2D eigenvalue weighted by molar-refractivity contribution is 6.15. The summed E-state index contributed by atoms with van der Waals surface area (Å²) in [5.41, 5.74) is 3.18. The number of anilines is 2. The van der Waals surface area contributed by atoms with Crippen molar-refractivity contribution in [3.05, 3.63) is 69.4 Å². The molecular weight excluding hydrogens is 764 g/mol. The van der Waals surface area contributed by atoms with Crippen LogP contribution in [-0.2, 0) is 27.7 Å². The number of phenols is 2. The zero-order chi connectivity index (χ0) is 41.6. The Hall–Kier alpha value is -6.91. The molecule has 0 bridgehead atoms. The second-order valence-electron chi connectivity index (χ2n) is 16.6. The van der Waals surface area contributed by atoms with Crippen LogP contribution < -0.4 is 19.3 Å². The van der Waals surface area contributed by atoms with Crippen LogP contribution in [0.5, 0.6) is 23.0 Å². The van der Waals surface area contributed by atoms with E-state index in [0.717, 1.165) is 0 Å². The first-order chi connectivity index (χ1) is 28.1. The number of esters is 1. The molecule has 2 aromatic carbocycles. The van der Waals surface area contributed by atoms with Gasteiger partial charge in [0.2, 0.25) is 5.78 Å². The molecule has 1 saturated heterocycles. The number of carbonyl (C=O) groups is 5. The number of ether oxygens (including phenoxy) is 4. The van der Waals surface area contributed by atoms with Crippen molar-refractivity contribution in [3.63, 3.8) is 0 Å². The first kappa shape index (κ1) is 36.4. The Balaban J connectivity index is 0.965. The third kappa shape index (κ3) is 4.86. The molecule has 2 atom stereocenters. The molecule has 59 heavy (non-hydrogen) atoms. The molecule has 2 aliphatic carbocycles. The topological polar surface area (TPSA) is 220 Å². The Morgan fingerprint density at radius 3 is 1.95 bits per heavy atom. The fourth-order valence-corrected chi connectivity index (χ4v) is 9.82. The number of benzene rings is 2. The molecule has 17 nitrogen and oxygen atoms in total. The zero-order valence-electron chi connectivity index (χ0n) is 33.0. The van der Waals surface area contributed by atoms with Crippen molar-refractivity contribution in [2.45, 2.75) is 51.0 Å². The Morgan fingerprint density at radius 2 is 1.34 bits per heavy atom. The van der Waals surface area contributed by atoms with E-state index in [-0.39, 0.29) is 87.8 Å². The van der Waals surface area contributed by atoms with Crippen LogP contribution >= 0.6 is 0 Å². The number of hydrogen-bond acceptors (Lipinski definition) is 11. The number of aromatic amines is 3. The van der Waals surface area contributed by atoms with Gasteiger partial charge in [-0.15, -0.1) is 0 Å². The normalized spacial score (nSPS) is 20.0. The summed E-state index contributed by atoms with van der Waals surface area (Å²) >= 11 is 0. The number of piperidine rings is 1. The van der Waals surface area contributed by atoms with Crippen LogP contribution in [0, 0.1) is 5.92 Å². The van der Waals surface area contributed by atoms with E-state index in [1.54, 1.807) is 43.9 Å². The van der Waals surface area contributed by atoms with Gasteiger partial charge in [0, 0.05) is 47.6 Å². The number of fused-ring (bicyclic) bond motifs is 7. The second kappa shape index (κ2) is 12.1. The number of H-pyrrole nitrogens is 3. The number of methoxy groups -OCH3 is 3. The van der Waals surface area contributed by atoms with Crippen molar-refractivity contribution in [3.8, 4) is 23.0 Å². The average molecular weight is 805 g/mol. The maximum Gasteiger partial charge on any atom is 0.414 e. The molecule has 304 valence electrons. The van der Waals surface area contributed by atoms with Gasteiger partial charge in [-0.2, -0.15) is 0 Å². The molecule has 0 radical (unpaired) electrons. The molecule has 2 fully saturated rings. The van der Waals surface area contributed by atoms with Gasteiger partial charge >= 0.3 is 12.1 Å². The lowest BCUT2D eigenvalue weighted by molar-refractivity contribution is 0.0577. The van der Waals surface area contributed by atoms with E-state index < -0.39 is 29.0 Å². The van der Waals surface area contributed by atoms with Gasteiger partial charge in [-0.3, -0.25) is 19.3 Å². The Morgan fingerprint density at radius 1 is 0.780 bits per heavy atom. The number of hydrogen-bond donors (Lipinski definition) is 5. The van der Waals surface area contributed by atoms with Gasteiger partial charge in [0.05, 0.1) is 49.4 Å². The predicted molar refractivity (Wildman–Crippen MR) is 211 cm³/mol. The molecular formula is C42H40N6O11. The quantitative estimate of drug-likeness (QED) is 0.146. The molecule has 3 aromatic heterocycles. The summed E-state index contributed by atoms with van der Waals surface area (Å²) in [7, 11) is 4.04. The fraction of sp³-hybridized carbons (Fsp3) is 0.357. The summed E-state index contributed by atoms with van der Waals surface area (Å²) in [5.74, 6) is -2.22. The summed E-state index contributed by atoms with van der Waals surface area (Å²) in [5, 5.41) is 24.0. The van der Waals surface area contributed by atoms with Crippen LogP contribution in [0.3, 0.4) is 0 Å². The molecule has 10 rings (SSSR count). The SMILES string of the molecule is COC(=O)c1cc2c3c(c(O)c(OC)c2[nH]1)N(C(=O)c1cc2c([nH]1)C(=O)C=C1N(C(=O)c4cc5c6c(c(O)c(OC)c5[nH]4)N(C(=O)OC(C)(C)C)CC6)C[C@H]4C[C@]124)CC3. The molecule has 6 heterocycles. The minimum Gasteiger partial charge on any atom is -0.503 e.